The zero-order valence-electron chi connectivity index (χ0n) is 11.6. The first-order valence-corrected chi connectivity index (χ1v) is 6.69. The first-order valence-electron chi connectivity index (χ1n) is 6.69. The van der Waals surface area contributed by atoms with Gasteiger partial charge in [0.2, 0.25) is 0 Å². The molecule has 2 amide bonds. The van der Waals surface area contributed by atoms with Crippen molar-refractivity contribution in [2.45, 2.75) is 6.92 Å². The Morgan fingerprint density at radius 1 is 0.714 bits per heavy atom. The van der Waals surface area contributed by atoms with Gasteiger partial charge in [0.1, 0.15) is 5.57 Å². The van der Waals surface area contributed by atoms with E-state index in [4.69, 9.17) is 0 Å². The van der Waals surface area contributed by atoms with Crippen LogP contribution >= 0.6 is 0 Å². The quantitative estimate of drug-likeness (QED) is 0.626. The lowest BCUT2D eigenvalue weighted by molar-refractivity contribution is -0.116. The average molecular weight is 278 g/mol. The first kappa shape index (κ1) is 13.1. The fourth-order valence-electron chi connectivity index (χ4n) is 2.35. The Bertz CT molecular complexity index is 649. The molecular formula is C17H14N2O2. The molecule has 1 heterocycles. The second-order valence-electron chi connectivity index (χ2n) is 4.61. The van der Waals surface area contributed by atoms with Crippen molar-refractivity contribution in [3.63, 3.8) is 0 Å². The highest BCUT2D eigenvalue weighted by Crippen LogP contribution is 2.31. The summed E-state index contributed by atoms with van der Waals surface area (Å²) >= 11 is 0. The third kappa shape index (κ3) is 2.10. The molecule has 0 radical (unpaired) electrons. The molecule has 0 spiro atoms. The van der Waals surface area contributed by atoms with Gasteiger partial charge in [-0.2, -0.15) is 0 Å². The Kier molecular flexibility index (Phi) is 3.28. The van der Waals surface area contributed by atoms with Gasteiger partial charge < -0.3 is 0 Å². The molecule has 2 aromatic rings. The van der Waals surface area contributed by atoms with Crippen LogP contribution in [0.4, 0.5) is 11.4 Å². The number of anilines is 2. The van der Waals surface area contributed by atoms with Gasteiger partial charge in [0.25, 0.3) is 11.8 Å². The van der Waals surface area contributed by atoms with Crippen LogP contribution in [-0.2, 0) is 9.59 Å². The number of para-hydroxylation sites is 2. The maximum atomic E-state index is 12.5. The van der Waals surface area contributed by atoms with Crippen LogP contribution in [0.3, 0.4) is 0 Å². The Labute approximate surface area is 122 Å². The maximum Gasteiger partial charge on any atom is 0.282 e. The van der Waals surface area contributed by atoms with Gasteiger partial charge in [-0.25, -0.2) is 10.0 Å². The van der Waals surface area contributed by atoms with Crippen molar-refractivity contribution in [3.8, 4) is 0 Å². The van der Waals surface area contributed by atoms with Crippen molar-refractivity contribution < 1.29 is 9.59 Å². The number of allylic oxidation sites excluding steroid dienone is 1. The van der Waals surface area contributed by atoms with Gasteiger partial charge in [0, 0.05) is 0 Å². The van der Waals surface area contributed by atoms with Gasteiger partial charge in [-0.1, -0.05) is 42.5 Å². The molecule has 0 atom stereocenters. The van der Waals surface area contributed by atoms with Crippen LogP contribution in [0.1, 0.15) is 6.92 Å². The summed E-state index contributed by atoms with van der Waals surface area (Å²) in [4.78, 5) is 25.1. The molecule has 0 unspecified atom stereocenters. The van der Waals surface area contributed by atoms with Crippen LogP contribution < -0.4 is 10.0 Å². The fourth-order valence-corrected chi connectivity index (χ4v) is 2.35. The van der Waals surface area contributed by atoms with E-state index in [0.717, 1.165) is 0 Å². The topological polar surface area (TPSA) is 40.6 Å². The summed E-state index contributed by atoms with van der Waals surface area (Å²) in [6, 6.07) is 18.3. The first-order chi connectivity index (χ1) is 10.2. The van der Waals surface area contributed by atoms with Gasteiger partial charge in [-0.15, -0.1) is 0 Å². The molecule has 0 saturated carbocycles. The normalized spacial score (nSPS) is 14.8. The highest BCUT2D eigenvalue weighted by Gasteiger charge is 2.42. The van der Waals surface area contributed by atoms with E-state index in [0.29, 0.717) is 11.4 Å². The van der Waals surface area contributed by atoms with Gasteiger partial charge in [0.15, 0.2) is 0 Å². The number of hydrogen-bond acceptors (Lipinski definition) is 2. The van der Waals surface area contributed by atoms with Gasteiger partial charge in [-0.05, 0) is 31.2 Å². The number of amides is 2. The third-order valence-corrected chi connectivity index (χ3v) is 3.34. The smallest absolute Gasteiger partial charge is 0.267 e. The van der Waals surface area contributed by atoms with Crippen molar-refractivity contribution in [1.29, 1.82) is 0 Å². The Hall–Kier alpha value is -2.88. The standard InChI is InChI=1S/C17H14N2O2/c1-2-15-16(20)18(13-9-5-3-6-10-13)19(17(15)21)14-11-7-4-8-12-14/h2-12H,1H3. The minimum Gasteiger partial charge on any atom is -0.267 e. The maximum absolute atomic E-state index is 12.5. The van der Waals surface area contributed by atoms with Crippen LogP contribution in [0.25, 0.3) is 0 Å². The van der Waals surface area contributed by atoms with Gasteiger partial charge >= 0.3 is 0 Å². The van der Waals surface area contributed by atoms with Crippen LogP contribution in [-0.4, -0.2) is 11.8 Å². The molecule has 1 aliphatic rings. The number of benzene rings is 2. The lowest BCUT2D eigenvalue weighted by Crippen LogP contribution is -2.41. The predicted molar refractivity (Wildman–Crippen MR) is 81.6 cm³/mol. The fraction of sp³-hybridized carbons (Fsp3) is 0.0588. The summed E-state index contributed by atoms with van der Waals surface area (Å²) < 4.78 is 0. The summed E-state index contributed by atoms with van der Waals surface area (Å²) in [5.74, 6) is -0.616. The van der Waals surface area contributed by atoms with E-state index in [9.17, 15) is 9.59 Å². The zero-order valence-corrected chi connectivity index (χ0v) is 11.6. The van der Waals surface area contributed by atoms with Gasteiger partial charge in [-0.3, -0.25) is 9.59 Å². The van der Waals surface area contributed by atoms with E-state index in [2.05, 4.69) is 0 Å². The zero-order chi connectivity index (χ0) is 14.8. The van der Waals surface area contributed by atoms with Crippen molar-refractivity contribution in [2.75, 3.05) is 10.0 Å². The second-order valence-corrected chi connectivity index (χ2v) is 4.61. The summed E-state index contributed by atoms with van der Waals surface area (Å²) in [6.45, 7) is 1.70. The molecule has 4 nitrogen and oxygen atoms in total. The number of carbonyl (C=O) groups excluding carboxylic acids is 2. The molecule has 21 heavy (non-hydrogen) atoms. The molecule has 1 aliphatic heterocycles. The molecule has 2 aromatic carbocycles. The molecule has 0 N–H and O–H groups in total. The predicted octanol–water partition coefficient (Wildman–Crippen LogP) is 2.93. The average Bonchev–Trinajstić information content (AvgIpc) is 2.79. The minimum absolute atomic E-state index is 0.183. The Morgan fingerprint density at radius 2 is 1.10 bits per heavy atom. The summed E-state index contributed by atoms with van der Waals surface area (Å²) in [5.41, 5.74) is 1.51. The number of hydrogen-bond donors (Lipinski definition) is 0. The molecule has 0 aromatic heterocycles. The number of nitrogens with zero attached hydrogens (tertiary/aromatic N) is 2. The SMILES string of the molecule is CC=C1C(=O)N(c2ccccc2)N(c2ccccc2)C1=O. The van der Waals surface area contributed by atoms with E-state index in [1.807, 2.05) is 36.4 Å². The summed E-state index contributed by atoms with van der Waals surface area (Å²) in [5, 5.41) is 2.82. The van der Waals surface area contributed by atoms with Crippen LogP contribution in [0, 0.1) is 0 Å². The highest BCUT2D eigenvalue weighted by atomic mass is 16.2. The minimum atomic E-state index is -0.308. The van der Waals surface area contributed by atoms with Crippen molar-refractivity contribution in [1.82, 2.24) is 0 Å². The van der Waals surface area contributed by atoms with Crippen molar-refractivity contribution in [3.05, 3.63) is 72.3 Å². The highest BCUT2D eigenvalue weighted by molar-refractivity contribution is 6.35. The third-order valence-electron chi connectivity index (χ3n) is 3.34. The lowest BCUT2D eigenvalue weighted by Gasteiger charge is -2.27. The molecular weight excluding hydrogens is 264 g/mol. The molecule has 0 bridgehead atoms. The Balaban J connectivity index is 2.15. The number of rotatable bonds is 2. The van der Waals surface area contributed by atoms with Crippen LogP contribution in [0.5, 0.6) is 0 Å². The number of carbonyl (C=O) groups is 2. The van der Waals surface area contributed by atoms with E-state index in [1.54, 1.807) is 37.3 Å². The van der Waals surface area contributed by atoms with E-state index in [-0.39, 0.29) is 17.4 Å². The summed E-state index contributed by atoms with van der Waals surface area (Å²) in [6.07, 6.45) is 1.56. The second kappa shape index (κ2) is 5.25. The van der Waals surface area contributed by atoms with Crippen molar-refractivity contribution >= 4 is 23.2 Å². The largest absolute Gasteiger partial charge is 0.282 e. The molecule has 1 saturated heterocycles. The van der Waals surface area contributed by atoms with E-state index in [1.165, 1.54) is 10.0 Å². The monoisotopic (exact) mass is 278 g/mol. The molecule has 3 rings (SSSR count). The molecule has 1 fully saturated rings. The summed E-state index contributed by atoms with van der Waals surface area (Å²) in [7, 11) is 0. The van der Waals surface area contributed by atoms with Gasteiger partial charge in [0.05, 0.1) is 11.4 Å². The number of hydrazine groups is 1. The molecule has 104 valence electrons. The Morgan fingerprint density at radius 3 is 1.43 bits per heavy atom. The van der Waals surface area contributed by atoms with E-state index < -0.39 is 0 Å². The van der Waals surface area contributed by atoms with Crippen molar-refractivity contribution in [2.24, 2.45) is 0 Å². The van der Waals surface area contributed by atoms with Crippen LogP contribution in [0.15, 0.2) is 72.3 Å². The van der Waals surface area contributed by atoms with Crippen LogP contribution in [0.2, 0.25) is 0 Å². The molecule has 0 aliphatic carbocycles. The van der Waals surface area contributed by atoms with E-state index >= 15 is 0 Å². The lowest BCUT2D eigenvalue weighted by atomic mass is 10.2. The molecule has 4 heteroatoms.